The Morgan fingerprint density at radius 3 is 2.59 bits per heavy atom. The molecule has 0 bridgehead atoms. The standard InChI is InChI=1S/C29H40ClN3O6/c30-23-10-4-8-20(17-23)16-21-9-5-11-25(21)39-29(38)32-33(26(34)13-12-19-6-2-1-3-7-19)24(28(36)37)18-22-14-15-31-27(22)35/h4,8,10,17,19,21-22,24-25H,1-3,5-7,9,11-16,18H2,(H,31,35)(H,32,38)(H,36,37)/t21?,22?,24-,25?/m0/s1. The summed E-state index contributed by atoms with van der Waals surface area (Å²) in [5, 5.41) is 14.3. The number of nitrogens with one attached hydrogen (secondary N) is 2. The lowest BCUT2D eigenvalue weighted by Gasteiger charge is -2.31. The van der Waals surface area contributed by atoms with Crippen LogP contribution in [-0.2, 0) is 25.5 Å². The predicted octanol–water partition coefficient (Wildman–Crippen LogP) is 4.86. The van der Waals surface area contributed by atoms with Gasteiger partial charge in [0.15, 0.2) is 6.04 Å². The van der Waals surface area contributed by atoms with Gasteiger partial charge >= 0.3 is 12.1 Å². The molecule has 214 valence electrons. The van der Waals surface area contributed by atoms with Crippen molar-refractivity contribution in [2.45, 2.75) is 95.6 Å². The summed E-state index contributed by atoms with van der Waals surface area (Å²) in [5.74, 6) is -1.97. The molecule has 0 spiro atoms. The molecule has 2 aliphatic carbocycles. The van der Waals surface area contributed by atoms with Gasteiger partial charge in [-0.05, 0) is 68.6 Å². The Kier molecular flexibility index (Phi) is 10.5. The molecular formula is C29H40ClN3O6. The average molecular weight is 562 g/mol. The van der Waals surface area contributed by atoms with E-state index < -0.39 is 29.9 Å². The monoisotopic (exact) mass is 561 g/mol. The van der Waals surface area contributed by atoms with Crippen LogP contribution in [0.2, 0.25) is 5.02 Å². The molecular weight excluding hydrogens is 522 g/mol. The van der Waals surface area contributed by atoms with E-state index in [2.05, 4.69) is 10.7 Å². The van der Waals surface area contributed by atoms with Crippen LogP contribution in [0, 0.1) is 17.8 Å². The smallest absolute Gasteiger partial charge is 0.426 e. The van der Waals surface area contributed by atoms with Crippen LogP contribution in [0.3, 0.4) is 0 Å². The Morgan fingerprint density at radius 2 is 1.90 bits per heavy atom. The van der Waals surface area contributed by atoms with Crippen LogP contribution < -0.4 is 10.7 Å². The molecule has 1 aliphatic heterocycles. The molecule has 2 saturated carbocycles. The van der Waals surface area contributed by atoms with Crippen molar-refractivity contribution in [1.82, 2.24) is 15.8 Å². The zero-order valence-corrected chi connectivity index (χ0v) is 23.2. The van der Waals surface area contributed by atoms with Gasteiger partial charge in [0, 0.05) is 29.8 Å². The molecule has 1 saturated heterocycles. The van der Waals surface area contributed by atoms with Crippen LogP contribution in [0.25, 0.3) is 0 Å². The normalized spacial score (nSPS) is 24.1. The Bertz CT molecular complexity index is 1030. The van der Waals surface area contributed by atoms with Gasteiger partial charge in [0.25, 0.3) is 0 Å². The summed E-state index contributed by atoms with van der Waals surface area (Å²) in [7, 11) is 0. The number of carboxylic acids is 1. The van der Waals surface area contributed by atoms with Crippen LogP contribution in [-0.4, -0.2) is 52.7 Å². The molecule has 1 aromatic rings. The first kappa shape index (κ1) is 29.2. The van der Waals surface area contributed by atoms with Crippen molar-refractivity contribution in [3.05, 3.63) is 34.9 Å². The first-order valence-corrected chi connectivity index (χ1v) is 14.7. The fourth-order valence-corrected chi connectivity index (χ4v) is 6.53. The molecule has 3 amide bonds. The fourth-order valence-electron chi connectivity index (χ4n) is 6.31. The number of amides is 3. The van der Waals surface area contributed by atoms with Gasteiger partial charge < -0.3 is 15.2 Å². The maximum atomic E-state index is 13.4. The highest BCUT2D eigenvalue weighted by molar-refractivity contribution is 6.30. The third-order valence-electron chi connectivity index (χ3n) is 8.47. The quantitative estimate of drug-likeness (QED) is 0.350. The molecule has 3 unspecified atom stereocenters. The van der Waals surface area contributed by atoms with E-state index in [-0.39, 0.29) is 30.8 Å². The first-order chi connectivity index (χ1) is 18.8. The summed E-state index contributed by atoms with van der Waals surface area (Å²) in [6.45, 7) is 0.469. The van der Waals surface area contributed by atoms with Crippen molar-refractivity contribution in [1.29, 1.82) is 0 Å². The first-order valence-electron chi connectivity index (χ1n) is 14.3. The van der Waals surface area contributed by atoms with Crippen molar-refractivity contribution in [2.75, 3.05) is 6.54 Å². The zero-order chi connectivity index (χ0) is 27.8. The predicted molar refractivity (Wildman–Crippen MR) is 146 cm³/mol. The van der Waals surface area contributed by atoms with Crippen LogP contribution in [0.1, 0.15) is 82.6 Å². The summed E-state index contributed by atoms with van der Waals surface area (Å²) in [6.07, 6.45) is 8.79. The molecule has 3 aliphatic rings. The Labute approximate surface area is 234 Å². The fraction of sp³-hybridized carbons (Fsp3) is 0.655. The highest BCUT2D eigenvalue weighted by atomic mass is 35.5. The summed E-state index contributed by atoms with van der Waals surface area (Å²) < 4.78 is 5.77. The number of ether oxygens (including phenoxy) is 1. The SMILES string of the molecule is O=C(NN(C(=O)CCC1CCCCC1)[C@@H](CC1CCNC1=O)C(=O)O)OC1CCCC1Cc1cccc(Cl)c1. The Morgan fingerprint density at radius 1 is 1.10 bits per heavy atom. The molecule has 3 N–H and O–H groups in total. The highest BCUT2D eigenvalue weighted by Crippen LogP contribution is 2.32. The van der Waals surface area contributed by atoms with Gasteiger partial charge in [-0.15, -0.1) is 0 Å². The second kappa shape index (κ2) is 14.0. The number of nitrogens with zero attached hydrogens (tertiary/aromatic N) is 1. The van der Waals surface area contributed by atoms with Crippen LogP contribution in [0.15, 0.2) is 24.3 Å². The Balaban J connectivity index is 1.42. The number of hydrogen-bond donors (Lipinski definition) is 3. The van der Waals surface area contributed by atoms with Gasteiger partial charge in [0.1, 0.15) is 6.10 Å². The summed E-state index contributed by atoms with van der Waals surface area (Å²) in [6, 6.07) is 6.24. The molecule has 9 nitrogen and oxygen atoms in total. The molecule has 0 aromatic heterocycles. The van der Waals surface area contributed by atoms with E-state index in [9.17, 15) is 24.3 Å². The molecule has 1 heterocycles. The van der Waals surface area contributed by atoms with Crippen molar-refractivity contribution in [3.8, 4) is 0 Å². The topological polar surface area (TPSA) is 125 Å². The minimum atomic E-state index is -1.36. The van der Waals surface area contributed by atoms with Gasteiger partial charge in [-0.2, -0.15) is 0 Å². The van der Waals surface area contributed by atoms with Crippen LogP contribution in [0.5, 0.6) is 0 Å². The number of rotatable bonds is 10. The summed E-state index contributed by atoms with van der Waals surface area (Å²) >= 11 is 6.13. The summed E-state index contributed by atoms with van der Waals surface area (Å²) in [5.41, 5.74) is 3.54. The number of aliphatic carboxylic acids is 1. The minimum Gasteiger partial charge on any atom is -0.480 e. The maximum Gasteiger partial charge on any atom is 0.426 e. The number of carbonyl (C=O) groups is 4. The molecule has 1 aromatic carbocycles. The molecule has 39 heavy (non-hydrogen) atoms. The largest absolute Gasteiger partial charge is 0.480 e. The van der Waals surface area contributed by atoms with E-state index >= 15 is 0 Å². The lowest BCUT2D eigenvalue weighted by Crippen LogP contribution is -2.56. The van der Waals surface area contributed by atoms with E-state index in [1.165, 1.54) is 6.42 Å². The maximum absolute atomic E-state index is 13.4. The van der Waals surface area contributed by atoms with Crippen molar-refractivity contribution < 1.29 is 29.0 Å². The zero-order valence-electron chi connectivity index (χ0n) is 22.4. The third kappa shape index (κ3) is 8.34. The average Bonchev–Trinajstić information content (AvgIpc) is 3.53. The van der Waals surface area contributed by atoms with Crippen molar-refractivity contribution in [2.24, 2.45) is 17.8 Å². The van der Waals surface area contributed by atoms with Crippen molar-refractivity contribution in [3.63, 3.8) is 0 Å². The van der Waals surface area contributed by atoms with Gasteiger partial charge in [-0.1, -0.05) is 55.8 Å². The second-order valence-corrected chi connectivity index (χ2v) is 11.7. The van der Waals surface area contributed by atoms with Crippen LogP contribution in [0.4, 0.5) is 4.79 Å². The Hall–Kier alpha value is -2.81. The lowest BCUT2D eigenvalue weighted by atomic mass is 9.86. The van der Waals surface area contributed by atoms with E-state index in [4.69, 9.17) is 16.3 Å². The number of hydrazine groups is 1. The van der Waals surface area contributed by atoms with E-state index in [1.807, 2.05) is 24.3 Å². The molecule has 4 rings (SSSR count). The molecule has 10 heteroatoms. The molecule has 3 fully saturated rings. The number of benzene rings is 1. The third-order valence-corrected chi connectivity index (χ3v) is 8.71. The summed E-state index contributed by atoms with van der Waals surface area (Å²) in [4.78, 5) is 51.0. The minimum absolute atomic E-state index is 0.0720. The van der Waals surface area contributed by atoms with Crippen LogP contribution >= 0.6 is 11.6 Å². The second-order valence-electron chi connectivity index (χ2n) is 11.3. The number of carbonyl (C=O) groups excluding carboxylic acids is 3. The van der Waals surface area contributed by atoms with Gasteiger partial charge in [0.05, 0.1) is 0 Å². The van der Waals surface area contributed by atoms with E-state index in [0.717, 1.165) is 49.1 Å². The molecule has 4 atom stereocenters. The van der Waals surface area contributed by atoms with E-state index in [0.29, 0.717) is 43.2 Å². The van der Waals surface area contributed by atoms with Gasteiger partial charge in [-0.3, -0.25) is 9.59 Å². The number of halogens is 1. The highest BCUT2D eigenvalue weighted by Gasteiger charge is 2.38. The van der Waals surface area contributed by atoms with Gasteiger partial charge in [-0.25, -0.2) is 20.0 Å². The molecule has 0 radical (unpaired) electrons. The van der Waals surface area contributed by atoms with Gasteiger partial charge in [0.2, 0.25) is 11.8 Å². The van der Waals surface area contributed by atoms with E-state index in [1.54, 1.807) is 0 Å². The lowest BCUT2D eigenvalue weighted by molar-refractivity contribution is -0.154. The number of carboxylic acid groups (broad SMARTS) is 1. The number of hydrogen-bond acceptors (Lipinski definition) is 5. The van der Waals surface area contributed by atoms with Crippen molar-refractivity contribution >= 4 is 35.5 Å².